The topological polar surface area (TPSA) is 49.8 Å². The molecule has 1 aliphatic rings. The van der Waals surface area contributed by atoms with E-state index in [-0.39, 0.29) is 18.3 Å². The van der Waals surface area contributed by atoms with E-state index in [9.17, 15) is 4.79 Å². The smallest absolute Gasteiger partial charge is 0.167 e. The van der Waals surface area contributed by atoms with Crippen LogP contribution in [0.4, 0.5) is 0 Å². The summed E-state index contributed by atoms with van der Waals surface area (Å²) in [7, 11) is 0. The van der Waals surface area contributed by atoms with Crippen LogP contribution in [0, 0.1) is 5.92 Å². The van der Waals surface area contributed by atoms with Crippen LogP contribution >= 0.6 is 11.6 Å². The van der Waals surface area contributed by atoms with Gasteiger partial charge in [-0.3, -0.25) is 9.69 Å². The maximum absolute atomic E-state index is 12.8. The molecule has 1 aliphatic heterocycles. The highest BCUT2D eigenvalue weighted by atomic mass is 35.5. The van der Waals surface area contributed by atoms with E-state index >= 15 is 0 Å². The van der Waals surface area contributed by atoms with E-state index < -0.39 is 0 Å². The number of ether oxygens (including phenoxy) is 1. The number of hydrogen-bond acceptors (Lipinski definition) is 4. The van der Waals surface area contributed by atoms with Gasteiger partial charge in [-0.05, 0) is 49.2 Å². The van der Waals surface area contributed by atoms with E-state index in [4.69, 9.17) is 21.4 Å². The Hall–Kier alpha value is -1.88. The van der Waals surface area contributed by atoms with Gasteiger partial charge in [-0.1, -0.05) is 35.9 Å². The summed E-state index contributed by atoms with van der Waals surface area (Å²) in [5.41, 5.74) is 1.90. The molecular weight excluding hydrogens is 350 g/mol. The minimum Gasteiger partial charge on any atom is -0.491 e. The summed E-state index contributed by atoms with van der Waals surface area (Å²) in [6.45, 7) is 2.91. The summed E-state index contributed by atoms with van der Waals surface area (Å²) < 4.78 is 5.39. The van der Waals surface area contributed by atoms with E-state index in [1.165, 1.54) is 5.56 Å². The Kier molecular flexibility index (Phi) is 6.67. The maximum Gasteiger partial charge on any atom is 0.167 e. The second-order valence-corrected chi connectivity index (χ2v) is 7.10. The first-order valence-electron chi connectivity index (χ1n) is 9.00. The zero-order chi connectivity index (χ0) is 18.4. The van der Waals surface area contributed by atoms with Crippen molar-refractivity contribution in [3.8, 4) is 5.75 Å². The molecule has 1 N–H and O–H groups in total. The molecule has 0 spiro atoms. The summed E-state index contributed by atoms with van der Waals surface area (Å²) in [5, 5.41) is 9.40. The fourth-order valence-electron chi connectivity index (χ4n) is 3.40. The van der Waals surface area contributed by atoms with Gasteiger partial charge in [0, 0.05) is 29.6 Å². The summed E-state index contributed by atoms with van der Waals surface area (Å²) in [4.78, 5) is 15.1. The van der Waals surface area contributed by atoms with E-state index in [0.717, 1.165) is 38.2 Å². The summed E-state index contributed by atoms with van der Waals surface area (Å²) in [6, 6.07) is 15.1. The predicted molar refractivity (Wildman–Crippen MR) is 103 cm³/mol. The molecule has 1 atom stereocenters. The second-order valence-electron chi connectivity index (χ2n) is 6.66. The molecule has 1 heterocycles. The van der Waals surface area contributed by atoms with Crippen molar-refractivity contribution in [3.05, 3.63) is 64.7 Å². The SMILES string of the molecule is O=C(c1cccc(Cl)c1)C1CCCN(Cc2ccc(OCCO)cc2)C1. The lowest BCUT2D eigenvalue weighted by molar-refractivity contribution is 0.0811. The molecule has 0 amide bonds. The van der Waals surface area contributed by atoms with Crippen molar-refractivity contribution < 1.29 is 14.6 Å². The molecule has 0 aliphatic carbocycles. The van der Waals surface area contributed by atoms with Crippen molar-refractivity contribution in [2.75, 3.05) is 26.3 Å². The summed E-state index contributed by atoms with van der Waals surface area (Å²) in [5.74, 6) is 0.967. The average Bonchev–Trinajstić information content (AvgIpc) is 2.67. The van der Waals surface area contributed by atoms with Crippen LogP contribution in [0.25, 0.3) is 0 Å². The summed E-state index contributed by atoms with van der Waals surface area (Å²) in [6.07, 6.45) is 1.95. The monoisotopic (exact) mass is 373 g/mol. The van der Waals surface area contributed by atoms with Gasteiger partial charge in [0.2, 0.25) is 0 Å². The average molecular weight is 374 g/mol. The van der Waals surface area contributed by atoms with Crippen molar-refractivity contribution >= 4 is 17.4 Å². The minimum absolute atomic E-state index is 0.0115. The van der Waals surface area contributed by atoms with Crippen LogP contribution in [0.3, 0.4) is 0 Å². The van der Waals surface area contributed by atoms with Gasteiger partial charge in [0.05, 0.1) is 6.61 Å². The number of carbonyl (C=O) groups is 1. The molecule has 3 rings (SSSR count). The van der Waals surface area contributed by atoms with Gasteiger partial charge < -0.3 is 9.84 Å². The number of aliphatic hydroxyl groups is 1. The van der Waals surface area contributed by atoms with Crippen molar-refractivity contribution in [3.63, 3.8) is 0 Å². The normalized spacial score (nSPS) is 17.8. The first-order chi connectivity index (χ1) is 12.7. The zero-order valence-corrected chi connectivity index (χ0v) is 15.5. The number of likely N-dealkylation sites (tertiary alicyclic amines) is 1. The number of carbonyl (C=O) groups excluding carboxylic acids is 1. The molecule has 4 nitrogen and oxygen atoms in total. The number of hydrogen-bond donors (Lipinski definition) is 1. The van der Waals surface area contributed by atoms with Gasteiger partial charge in [0.25, 0.3) is 0 Å². The van der Waals surface area contributed by atoms with E-state index in [1.807, 2.05) is 36.4 Å². The third-order valence-corrected chi connectivity index (χ3v) is 4.91. The number of benzene rings is 2. The van der Waals surface area contributed by atoms with Gasteiger partial charge in [0.15, 0.2) is 5.78 Å². The fraction of sp³-hybridized carbons (Fsp3) is 0.381. The highest BCUT2D eigenvalue weighted by Gasteiger charge is 2.26. The van der Waals surface area contributed by atoms with Crippen LogP contribution in [0.5, 0.6) is 5.75 Å². The van der Waals surface area contributed by atoms with Crippen molar-refractivity contribution in [2.45, 2.75) is 19.4 Å². The standard InChI is InChI=1S/C21H24ClNO3/c22-19-5-1-3-17(13-19)21(25)18-4-2-10-23(15-18)14-16-6-8-20(9-7-16)26-12-11-24/h1,3,5-9,13,18,24H,2,4,10-12,14-15H2. The van der Waals surface area contributed by atoms with E-state index in [0.29, 0.717) is 17.2 Å². The second kappa shape index (κ2) is 9.17. The number of aliphatic hydroxyl groups excluding tert-OH is 1. The molecule has 1 fully saturated rings. The van der Waals surface area contributed by atoms with Crippen LogP contribution in [-0.4, -0.2) is 42.1 Å². The first-order valence-corrected chi connectivity index (χ1v) is 9.38. The number of halogens is 1. The molecule has 0 radical (unpaired) electrons. The molecule has 0 saturated carbocycles. The molecule has 0 aromatic heterocycles. The van der Waals surface area contributed by atoms with Gasteiger partial charge >= 0.3 is 0 Å². The fourth-order valence-corrected chi connectivity index (χ4v) is 3.59. The quantitative estimate of drug-likeness (QED) is 0.750. The molecule has 1 unspecified atom stereocenters. The molecule has 2 aromatic carbocycles. The highest BCUT2D eigenvalue weighted by Crippen LogP contribution is 2.24. The van der Waals surface area contributed by atoms with Crippen LogP contribution in [0.1, 0.15) is 28.8 Å². The van der Waals surface area contributed by atoms with Gasteiger partial charge in [-0.25, -0.2) is 0 Å². The lowest BCUT2D eigenvalue weighted by Gasteiger charge is -2.32. The van der Waals surface area contributed by atoms with Crippen LogP contribution in [-0.2, 0) is 6.54 Å². The molecular formula is C21H24ClNO3. The largest absolute Gasteiger partial charge is 0.491 e. The Labute approximate surface area is 159 Å². The molecule has 1 saturated heterocycles. The Bertz CT molecular complexity index is 732. The van der Waals surface area contributed by atoms with Crippen LogP contribution in [0.15, 0.2) is 48.5 Å². The molecule has 138 valence electrons. The number of piperidine rings is 1. The number of nitrogens with zero attached hydrogens (tertiary/aromatic N) is 1. The lowest BCUT2D eigenvalue weighted by atomic mass is 9.90. The Morgan fingerprint density at radius 1 is 1.23 bits per heavy atom. The maximum atomic E-state index is 12.8. The van der Waals surface area contributed by atoms with Gasteiger partial charge in [0.1, 0.15) is 12.4 Å². The van der Waals surface area contributed by atoms with Gasteiger partial charge in [-0.15, -0.1) is 0 Å². The number of ketones is 1. The lowest BCUT2D eigenvalue weighted by Crippen LogP contribution is -2.38. The first kappa shape index (κ1) is 18.9. The minimum atomic E-state index is 0.0115. The van der Waals surface area contributed by atoms with Crippen molar-refractivity contribution in [1.82, 2.24) is 4.90 Å². The Balaban J connectivity index is 1.59. The molecule has 26 heavy (non-hydrogen) atoms. The summed E-state index contributed by atoms with van der Waals surface area (Å²) >= 11 is 6.02. The third kappa shape index (κ3) is 5.07. The van der Waals surface area contributed by atoms with E-state index in [2.05, 4.69) is 4.90 Å². The molecule has 5 heteroatoms. The van der Waals surface area contributed by atoms with Crippen molar-refractivity contribution in [2.24, 2.45) is 5.92 Å². The third-order valence-electron chi connectivity index (χ3n) is 4.67. The zero-order valence-electron chi connectivity index (χ0n) is 14.7. The Morgan fingerprint density at radius 3 is 2.77 bits per heavy atom. The Morgan fingerprint density at radius 2 is 2.04 bits per heavy atom. The van der Waals surface area contributed by atoms with Crippen molar-refractivity contribution in [1.29, 1.82) is 0 Å². The molecule has 0 bridgehead atoms. The van der Waals surface area contributed by atoms with Crippen LogP contribution < -0.4 is 4.74 Å². The molecule has 2 aromatic rings. The van der Waals surface area contributed by atoms with Crippen LogP contribution in [0.2, 0.25) is 5.02 Å². The highest BCUT2D eigenvalue weighted by molar-refractivity contribution is 6.31. The number of rotatable bonds is 7. The number of Topliss-reactive ketones (excluding diaryl/α,β-unsaturated/α-hetero) is 1. The van der Waals surface area contributed by atoms with Gasteiger partial charge in [-0.2, -0.15) is 0 Å². The predicted octanol–water partition coefficient (Wildman–Crippen LogP) is 3.81. The van der Waals surface area contributed by atoms with E-state index in [1.54, 1.807) is 12.1 Å².